The highest BCUT2D eigenvalue weighted by atomic mass is 16.5. The van der Waals surface area contributed by atoms with Gasteiger partial charge in [-0.1, -0.05) is 25.1 Å². The first-order valence-electron chi connectivity index (χ1n) is 8.07. The van der Waals surface area contributed by atoms with E-state index in [-0.39, 0.29) is 17.2 Å². The summed E-state index contributed by atoms with van der Waals surface area (Å²) in [6.45, 7) is 6.21. The molecule has 4 rings (SSSR count). The normalized spacial score (nSPS) is 21.2. The molecule has 2 aromatic rings. The van der Waals surface area contributed by atoms with Crippen molar-refractivity contribution in [2.45, 2.75) is 19.9 Å². The number of likely N-dealkylation sites (tertiary alicyclic amines) is 1. The number of carbonyl (C=O) groups is 1. The summed E-state index contributed by atoms with van der Waals surface area (Å²) >= 11 is 0. The lowest BCUT2D eigenvalue weighted by molar-refractivity contribution is -0.147. The van der Waals surface area contributed by atoms with Gasteiger partial charge in [-0.3, -0.25) is 4.79 Å². The third kappa shape index (κ3) is 2.22. The Hall–Kier alpha value is -1.81. The van der Waals surface area contributed by atoms with Crippen LogP contribution in [0.5, 0.6) is 0 Å². The van der Waals surface area contributed by atoms with Crippen LogP contribution in [0.2, 0.25) is 0 Å². The summed E-state index contributed by atoms with van der Waals surface area (Å²) < 4.78 is 7.67. The Balaban J connectivity index is 1.42. The smallest absolute Gasteiger partial charge is 0.227 e. The fourth-order valence-corrected chi connectivity index (χ4v) is 3.80. The van der Waals surface area contributed by atoms with Crippen LogP contribution in [-0.4, -0.2) is 41.7 Å². The van der Waals surface area contributed by atoms with Gasteiger partial charge in [0.2, 0.25) is 5.91 Å². The molecule has 1 unspecified atom stereocenters. The van der Waals surface area contributed by atoms with Crippen molar-refractivity contribution < 1.29 is 9.53 Å². The summed E-state index contributed by atoms with van der Waals surface area (Å²) in [5.74, 6) is 0.283. The standard InChI is InChI=1S/C18H22N2O2/c1-14(10-19-8-6-15-4-2-3-5-16(15)19)17(21)20-11-18(12-20)7-9-22-13-18/h2-6,8,14H,7,9-13H2,1H3. The molecule has 3 heterocycles. The van der Waals surface area contributed by atoms with Crippen LogP contribution in [0.15, 0.2) is 36.5 Å². The van der Waals surface area contributed by atoms with Crippen molar-refractivity contribution in [1.29, 1.82) is 0 Å². The number of amides is 1. The Morgan fingerprint density at radius 1 is 1.32 bits per heavy atom. The van der Waals surface area contributed by atoms with E-state index in [1.165, 1.54) is 10.9 Å². The molecule has 2 saturated heterocycles. The fourth-order valence-electron chi connectivity index (χ4n) is 3.80. The third-order valence-corrected chi connectivity index (χ3v) is 5.12. The number of benzene rings is 1. The summed E-state index contributed by atoms with van der Waals surface area (Å²) in [6.07, 6.45) is 3.18. The molecule has 0 bridgehead atoms. The predicted molar refractivity (Wildman–Crippen MR) is 85.6 cm³/mol. The average molecular weight is 298 g/mol. The number of fused-ring (bicyclic) bond motifs is 1. The zero-order valence-electron chi connectivity index (χ0n) is 13.0. The van der Waals surface area contributed by atoms with Gasteiger partial charge in [0.05, 0.1) is 12.5 Å². The Morgan fingerprint density at radius 2 is 2.14 bits per heavy atom. The maximum atomic E-state index is 12.6. The number of hydrogen-bond acceptors (Lipinski definition) is 2. The SMILES string of the molecule is CC(Cn1ccc2ccccc21)C(=O)N1CC2(CCOC2)C1. The number of hydrogen-bond donors (Lipinski definition) is 0. The van der Waals surface area contributed by atoms with Crippen LogP contribution in [0, 0.1) is 11.3 Å². The monoisotopic (exact) mass is 298 g/mol. The summed E-state index contributed by atoms with van der Waals surface area (Å²) in [4.78, 5) is 14.6. The molecule has 22 heavy (non-hydrogen) atoms. The molecule has 4 heteroatoms. The molecular formula is C18H22N2O2. The molecule has 1 aromatic carbocycles. The molecule has 2 aliphatic heterocycles. The molecule has 2 aliphatic rings. The van der Waals surface area contributed by atoms with E-state index in [0.717, 1.165) is 39.3 Å². The van der Waals surface area contributed by atoms with Crippen molar-refractivity contribution in [2.75, 3.05) is 26.3 Å². The van der Waals surface area contributed by atoms with Crippen LogP contribution >= 0.6 is 0 Å². The van der Waals surface area contributed by atoms with E-state index >= 15 is 0 Å². The van der Waals surface area contributed by atoms with Crippen molar-refractivity contribution in [3.8, 4) is 0 Å². The highest BCUT2D eigenvalue weighted by molar-refractivity contribution is 5.81. The van der Waals surface area contributed by atoms with Crippen LogP contribution in [0.4, 0.5) is 0 Å². The van der Waals surface area contributed by atoms with Gasteiger partial charge < -0.3 is 14.2 Å². The number of carbonyl (C=O) groups excluding carboxylic acids is 1. The van der Waals surface area contributed by atoms with Crippen LogP contribution in [0.25, 0.3) is 10.9 Å². The molecule has 1 spiro atoms. The number of ether oxygens (including phenoxy) is 1. The Labute approximate surface area is 130 Å². The van der Waals surface area contributed by atoms with Gasteiger partial charge in [0.25, 0.3) is 0 Å². The lowest BCUT2D eigenvalue weighted by Gasteiger charge is -2.48. The highest BCUT2D eigenvalue weighted by Gasteiger charge is 2.48. The average Bonchev–Trinajstić information content (AvgIpc) is 3.12. The predicted octanol–water partition coefficient (Wildman–Crippen LogP) is 2.53. The maximum Gasteiger partial charge on any atom is 0.227 e. The molecule has 1 aromatic heterocycles. The first kappa shape index (κ1) is 13.8. The van der Waals surface area contributed by atoms with Gasteiger partial charge in [0, 0.05) is 43.4 Å². The van der Waals surface area contributed by atoms with Gasteiger partial charge in [0.15, 0.2) is 0 Å². The van der Waals surface area contributed by atoms with Gasteiger partial charge in [0.1, 0.15) is 0 Å². The van der Waals surface area contributed by atoms with E-state index in [4.69, 9.17) is 4.74 Å². The van der Waals surface area contributed by atoms with Crippen LogP contribution in [-0.2, 0) is 16.1 Å². The van der Waals surface area contributed by atoms with Crippen molar-refractivity contribution in [1.82, 2.24) is 9.47 Å². The number of aromatic nitrogens is 1. The van der Waals surface area contributed by atoms with Crippen molar-refractivity contribution in [2.24, 2.45) is 11.3 Å². The van der Waals surface area contributed by atoms with Crippen LogP contribution in [0.1, 0.15) is 13.3 Å². The Kier molecular flexibility index (Phi) is 3.22. The molecule has 0 saturated carbocycles. The minimum atomic E-state index is 0.00970. The second kappa shape index (κ2) is 5.13. The van der Waals surface area contributed by atoms with Crippen molar-refractivity contribution in [3.05, 3.63) is 36.5 Å². The first-order chi connectivity index (χ1) is 10.7. The lowest BCUT2D eigenvalue weighted by Crippen LogP contribution is -2.60. The second-order valence-corrected chi connectivity index (χ2v) is 6.92. The zero-order chi connectivity index (χ0) is 15.2. The van der Waals surface area contributed by atoms with Gasteiger partial charge in [-0.25, -0.2) is 0 Å². The summed E-state index contributed by atoms with van der Waals surface area (Å²) in [6, 6.07) is 10.4. The largest absolute Gasteiger partial charge is 0.381 e. The van der Waals surface area contributed by atoms with E-state index in [2.05, 4.69) is 29.0 Å². The summed E-state index contributed by atoms with van der Waals surface area (Å²) in [5, 5.41) is 1.23. The molecule has 0 N–H and O–H groups in total. The fraction of sp³-hybridized carbons (Fsp3) is 0.500. The molecule has 2 fully saturated rings. The van der Waals surface area contributed by atoms with Gasteiger partial charge in [-0.05, 0) is 23.9 Å². The number of rotatable bonds is 3. The van der Waals surface area contributed by atoms with Gasteiger partial charge in [-0.2, -0.15) is 0 Å². The molecule has 4 nitrogen and oxygen atoms in total. The Morgan fingerprint density at radius 3 is 2.91 bits per heavy atom. The number of nitrogens with zero attached hydrogens (tertiary/aromatic N) is 2. The summed E-state index contributed by atoms with van der Waals surface area (Å²) in [5.41, 5.74) is 1.47. The van der Waals surface area contributed by atoms with E-state index < -0.39 is 0 Å². The van der Waals surface area contributed by atoms with E-state index in [9.17, 15) is 4.79 Å². The molecule has 1 amide bonds. The van der Waals surface area contributed by atoms with E-state index in [1.807, 2.05) is 24.0 Å². The topological polar surface area (TPSA) is 34.5 Å². The molecule has 116 valence electrons. The Bertz CT molecular complexity index is 692. The van der Waals surface area contributed by atoms with Gasteiger partial charge in [-0.15, -0.1) is 0 Å². The highest BCUT2D eigenvalue weighted by Crippen LogP contribution is 2.38. The van der Waals surface area contributed by atoms with Crippen molar-refractivity contribution >= 4 is 16.8 Å². The minimum absolute atomic E-state index is 0.00970. The zero-order valence-corrected chi connectivity index (χ0v) is 13.0. The summed E-state index contributed by atoms with van der Waals surface area (Å²) in [7, 11) is 0. The molecular weight excluding hydrogens is 276 g/mol. The van der Waals surface area contributed by atoms with Gasteiger partial charge >= 0.3 is 0 Å². The number of para-hydroxylation sites is 1. The van der Waals surface area contributed by atoms with Crippen LogP contribution in [0.3, 0.4) is 0 Å². The van der Waals surface area contributed by atoms with Crippen LogP contribution < -0.4 is 0 Å². The van der Waals surface area contributed by atoms with E-state index in [0.29, 0.717) is 0 Å². The second-order valence-electron chi connectivity index (χ2n) is 6.92. The lowest BCUT2D eigenvalue weighted by atomic mass is 9.78. The van der Waals surface area contributed by atoms with Crippen molar-refractivity contribution in [3.63, 3.8) is 0 Å². The minimum Gasteiger partial charge on any atom is -0.381 e. The molecule has 0 radical (unpaired) electrons. The molecule has 0 aliphatic carbocycles. The quantitative estimate of drug-likeness (QED) is 0.872. The molecule has 1 atom stereocenters. The van der Waals surface area contributed by atoms with E-state index in [1.54, 1.807) is 0 Å². The maximum absolute atomic E-state index is 12.6. The first-order valence-corrected chi connectivity index (χ1v) is 8.07. The third-order valence-electron chi connectivity index (χ3n) is 5.12.